The second kappa shape index (κ2) is 5.93. The third-order valence-corrected chi connectivity index (χ3v) is 4.41. The van der Waals surface area contributed by atoms with E-state index in [0.717, 1.165) is 31.1 Å². The number of hydrogen-bond donors (Lipinski definition) is 2. The summed E-state index contributed by atoms with van der Waals surface area (Å²) in [5.41, 5.74) is 2.80. The Morgan fingerprint density at radius 1 is 1.47 bits per heavy atom. The lowest BCUT2D eigenvalue weighted by atomic mass is 9.92. The van der Waals surface area contributed by atoms with Crippen LogP contribution in [0.2, 0.25) is 0 Å². The van der Waals surface area contributed by atoms with Crippen LogP contribution in [0.25, 0.3) is 0 Å². The van der Waals surface area contributed by atoms with Gasteiger partial charge in [-0.25, -0.2) is 0 Å². The van der Waals surface area contributed by atoms with E-state index in [-0.39, 0.29) is 0 Å². The largest absolute Gasteiger partial charge is 0.493 e. The molecule has 0 aliphatic carbocycles. The van der Waals surface area contributed by atoms with Gasteiger partial charge in [0.1, 0.15) is 5.75 Å². The average molecular weight is 260 g/mol. The van der Waals surface area contributed by atoms with Crippen LogP contribution < -0.4 is 15.4 Å². The maximum Gasteiger partial charge on any atom is 0.122 e. The van der Waals surface area contributed by atoms with Crippen LogP contribution in [0.15, 0.2) is 18.2 Å². The lowest BCUT2D eigenvalue weighted by molar-refractivity contribution is 0.288. The molecule has 0 aromatic heterocycles. The Balaban J connectivity index is 1.74. The highest BCUT2D eigenvalue weighted by Gasteiger charge is 2.21. The fraction of sp³-hybridized carbons (Fsp3) is 0.625. The molecule has 2 atom stereocenters. The van der Waals surface area contributed by atoms with Gasteiger partial charge in [0.15, 0.2) is 0 Å². The summed E-state index contributed by atoms with van der Waals surface area (Å²) in [6, 6.07) is 7.20. The van der Waals surface area contributed by atoms with Gasteiger partial charge in [-0.2, -0.15) is 0 Å². The maximum absolute atomic E-state index is 5.69. The maximum atomic E-state index is 5.69. The third-order valence-electron chi connectivity index (χ3n) is 4.41. The first kappa shape index (κ1) is 12.9. The zero-order valence-corrected chi connectivity index (χ0v) is 11.7. The zero-order chi connectivity index (χ0) is 13.1. The van der Waals surface area contributed by atoms with Crippen molar-refractivity contribution in [2.24, 2.45) is 5.92 Å². The molecule has 2 heterocycles. The number of hydrogen-bond acceptors (Lipinski definition) is 3. The molecule has 0 amide bonds. The van der Waals surface area contributed by atoms with Crippen molar-refractivity contribution in [3.8, 4) is 5.75 Å². The van der Waals surface area contributed by atoms with Crippen LogP contribution in [-0.4, -0.2) is 26.7 Å². The van der Waals surface area contributed by atoms with Crippen molar-refractivity contribution in [1.29, 1.82) is 0 Å². The van der Waals surface area contributed by atoms with Crippen LogP contribution in [0.1, 0.15) is 36.4 Å². The predicted molar refractivity (Wildman–Crippen MR) is 77.7 cm³/mol. The Morgan fingerprint density at radius 2 is 2.42 bits per heavy atom. The molecule has 2 aliphatic heterocycles. The van der Waals surface area contributed by atoms with Crippen molar-refractivity contribution in [1.82, 2.24) is 10.6 Å². The highest BCUT2D eigenvalue weighted by Crippen LogP contribution is 2.30. The quantitative estimate of drug-likeness (QED) is 0.871. The molecule has 3 nitrogen and oxygen atoms in total. The second-order valence-electron chi connectivity index (χ2n) is 5.75. The molecule has 1 fully saturated rings. The number of rotatable bonds is 4. The summed E-state index contributed by atoms with van der Waals surface area (Å²) in [7, 11) is 2.07. The molecular formula is C16H24N2O. The molecular weight excluding hydrogens is 236 g/mol. The molecule has 104 valence electrons. The van der Waals surface area contributed by atoms with Crippen molar-refractivity contribution < 1.29 is 4.74 Å². The van der Waals surface area contributed by atoms with E-state index in [1.54, 1.807) is 0 Å². The van der Waals surface area contributed by atoms with Crippen LogP contribution in [0.5, 0.6) is 5.75 Å². The molecule has 1 saturated heterocycles. The fourth-order valence-corrected chi connectivity index (χ4v) is 3.27. The van der Waals surface area contributed by atoms with E-state index in [1.807, 2.05) is 0 Å². The molecule has 1 aromatic carbocycles. The standard InChI is InChI=1S/C16H24N2O/c1-17-15(9-12-6-7-18-11-12)13-4-5-16-14(10-13)3-2-8-19-16/h4-5,10,12,15,17-18H,2-3,6-9,11H2,1H3. The molecule has 3 rings (SSSR count). The number of nitrogens with one attached hydrogen (secondary N) is 2. The van der Waals surface area contributed by atoms with Crippen molar-refractivity contribution in [3.05, 3.63) is 29.3 Å². The van der Waals surface area contributed by atoms with Gasteiger partial charge < -0.3 is 15.4 Å². The van der Waals surface area contributed by atoms with Gasteiger partial charge in [-0.05, 0) is 68.9 Å². The van der Waals surface area contributed by atoms with Gasteiger partial charge >= 0.3 is 0 Å². The van der Waals surface area contributed by atoms with Crippen molar-refractivity contribution in [3.63, 3.8) is 0 Å². The van der Waals surface area contributed by atoms with E-state index in [4.69, 9.17) is 4.74 Å². The predicted octanol–water partition coefficient (Wildman–Crippen LogP) is 2.27. The molecule has 2 aliphatic rings. The highest BCUT2D eigenvalue weighted by atomic mass is 16.5. The van der Waals surface area contributed by atoms with Gasteiger partial charge in [0, 0.05) is 6.04 Å². The van der Waals surface area contributed by atoms with Gasteiger partial charge in [0.25, 0.3) is 0 Å². The summed E-state index contributed by atoms with van der Waals surface area (Å²) in [6.45, 7) is 3.22. The minimum atomic E-state index is 0.470. The van der Waals surface area contributed by atoms with Crippen LogP contribution >= 0.6 is 0 Å². The SMILES string of the molecule is CNC(CC1CCNC1)c1ccc2c(c1)CCCO2. The van der Waals surface area contributed by atoms with Gasteiger partial charge in [0.2, 0.25) is 0 Å². The van der Waals surface area contributed by atoms with Gasteiger partial charge in [-0.1, -0.05) is 12.1 Å². The van der Waals surface area contributed by atoms with Gasteiger partial charge in [0.05, 0.1) is 6.61 Å². The Morgan fingerprint density at radius 3 is 3.21 bits per heavy atom. The molecule has 0 radical (unpaired) electrons. The first-order valence-corrected chi connectivity index (χ1v) is 7.50. The van der Waals surface area contributed by atoms with Gasteiger partial charge in [-0.3, -0.25) is 0 Å². The average Bonchev–Trinajstić information content (AvgIpc) is 2.97. The summed E-state index contributed by atoms with van der Waals surface area (Å²) < 4.78 is 5.69. The normalized spacial score (nSPS) is 23.7. The lowest BCUT2D eigenvalue weighted by Gasteiger charge is -2.23. The van der Waals surface area contributed by atoms with Crippen LogP contribution in [-0.2, 0) is 6.42 Å². The molecule has 3 heteroatoms. The van der Waals surface area contributed by atoms with E-state index in [0.29, 0.717) is 6.04 Å². The Hall–Kier alpha value is -1.06. The number of benzene rings is 1. The summed E-state index contributed by atoms with van der Waals surface area (Å²) in [6.07, 6.45) is 4.84. The van der Waals surface area contributed by atoms with E-state index in [2.05, 4.69) is 35.9 Å². The minimum Gasteiger partial charge on any atom is -0.493 e. The first-order chi connectivity index (χ1) is 9.36. The van der Waals surface area contributed by atoms with Gasteiger partial charge in [-0.15, -0.1) is 0 Å². The highest BCUT2D eigenvalue weighted by molar-refractivity contribution is 5.39. The van der Waals surface area contributed by atoms with E-state index < -0.39 is 0 Å². The van der Waals surface area contributed by atoms with Crippen molar-refractivity contribution in [2.45, 2.75) is 31.7 Å². The Kier molecular flexibility index (Phi) is 4.04. The topological polar surface area (TPSA) is 33.3 Å². The molecule has 0 spiro atoms. The van der Waals surface area contributed by atoms with Crippen LogP contribution in [0.4, 0.5) is 0 Å². The smallest absolute Gasteiger partial charge is 0.122 e. The number of fused-ring (bicyclic) bond motifs is 1. The van der Waals surface area contributed by atoms with E-state index in [1.165, 1.54) is 37.1 Å². The summed E-state index contributed by atoms with van der Waals surface area (Å²) in [5.74, 6) is 1.90. The molecule has 1 aromatic rings. The zero-order valence-electron chi connectivity index (χ0n) is 11.7. The second-order valence-corrected chi connectivity index (χ2v) is 5.75. The molecule has 2 N–H and O–H groups in total. The van der Waals surface area contributed by atoms with Crippen molar-refractivity contribution >= 4 is 0 Å². The number of aryl methyl sites for hydroxylation is 1. The minimum absolute atomic E-state index is 0.470. The monoisotopic (exact) mass is 260 g/mol. The summed E-state index contributed by atoms with van der Waals surface area (Å²) in [5, 5.41) is 6.94. The molecule has 0 saturated carbocycles. The first-order valence-electron chi connectivity index (χ1n) is 7.50. The van der Waals surface area contributed by atoms with E-state index >= 15 is 0 Å². The molecule has 19 heavy (non-hydrogen) atoms. The Bertz CT molecular complexity index is 427. The Labute approximate surface area is 115 Å². The van der Waals surface area contributed by atoms with Crippen molar-refractivity contribution in [2.75, 3.05) is 26.7 Å². The third kappa shape index (κ3) is 2.93. The van der Waals surface area contributed by atoms with Crippen LogP contribution in [0, 0.1) is 5.92 Å². The summed E-state index contributed by atoms with van der Waals surface area (Å²) >= 11 is 0. The molecule has 0 bridgehead atoms. The fourth-order valence-electron chi connectivity index (χ4n) is 3.27. The molecule has 2 unspecified atom stereocenters. The lowest BCUT2D eigenvalue weighted by Crippen LogP contribution is -2.21. The van der Waals surface area contributed by atoms with E-state index in [9.17, 15) is 0 Å². The summed E-state index contributed by atoms with van der Waals surface area (Å²) in [4.78, 5) is 0. The van der Waals surface area contributed by atoms with Crippen LogP contribution in [0.3, 0.4) is 0 Å². The number of ether oxygens (including phenoxy) is 1.